The van der Waals surface area contributed by atoms with E-state index in [0.717, 1.165) is 42.5 Å². The number of anilines is 1. The molecular weight excluding hydrogens is 382 g/mol. The fourth-order valence-electron chi connectivity index (χ4n) is 3.15. The summed E-state index contributed by atoms with van der Waals surface area (Å²) in [5.74, 6) is -0.393. The van der Waals surface area contributed by atoms with Crippen molar-refractivity contribution in [3.8, 4) is 10.8 Å². The first-order chi connectivity index (χ1) is 13.1. The number of nitrogens with two attached hydrogens (primary N) is 1. The van der Waals surface area contributed by atoms with Crippen LogP contribution in [0.5, 0.6) is 0 Å². The Morgan fingerprint density at radius 2 is 1.89 bits per heavy atom. The quantitative estimate of drug-likeness (QED) is 0.654. The van der Waals surface area contributed by atoms with Gasteiger partial charge < -0.3 is 11.1 Å². The fraction of sp³-hybridized carbons (Fsp3) is 0.278. The first kappa shape index (κ1) is 17.7. The number of aromatic nitrogens is 3. The van der Waals surface area contributed by atoms with Crippen molar-refractivity contribution in [1.82, 2.24) is 15.0 Å². The van der Waals surface area contributed by atoms with Crippen molar-refractivity contribution in [3.63, 3.8) is 0 Å². The van der Waals surface area contributed by atoms with Crippen LogP contribution in [0, 0.1) is 0 Å². The molecule has 1 aliphatic rings. The van der Waals surface area contributed by atoms with E-state index in [2.05, 4.69) is 20.3 Å². The molecule has 0 radical (unpaired) electrons. The highest BCUT2D eigenvalue weighted by atomic mass is 32.1. The number of carbonyl (C=O) groups excluding carboxylic acids is 2. The number of nitrogens with zero attached hydrogens (tertiary/aromatic N) is 3. The number of amides is 2. The van der Waals surface area contributed by atoms with Crippen molar-refractivity contribution < 1.29 is 9.59 Å². The summed E-state index contributed by atoms with van der Waals surface area (Å²) in [6.45, 7) is 0. The second-order valence-electron chi connectivity index (χ2n) is 6.20. The molecule has 3 aromatic rings. The van der Waals surface area contributed by atoms with Crippen molar-refractivity contribution in [2.45, 2.75) is 32.1 Å². The minimum Gasteiger partial charge on any atom is -0.365 e. The van der Waals surface area contributed by atoms with Gasteiger partial charge in [-0.3, -0.25) is 9.59 Å². The molecule has 1 aliphatic carbocycles. The Bertz CT molecular complexity index is 997. The van der Waals surface area contributed by atoms with E-state index in [1.807, 2.05) is 0 Å². The van der Waals surface area contributed by atoms with E-state index < -0.39 is 5.91 Å². The van der Waals surface area contributed by atoms with E-state index in [-0.39, 0.29) is 11.6 Å². The molecule has 0 saturated heterocycles. The molecule has 27 heavy (non-hydrogen) atoms. The zero-order valence-corrected chi connectivity index (χ0v) is 16.0. The van der Waals surface area contributed by atoms with E-state index in [4.69, 9.17) is 5.73 Å². The number of hydrogen-bond donors (Lipinski definition) is 2. The Morgan fingerprint density at radius 1 is 1.11 bits per heavy atom. The molecule has 0 aliphatic heterocycles. The van der Waals surface area contributed by atoms with Crippen LogP contribution in [0.2, 0.25) is 0 Å². The molecule has 9 heteroatoms. The van der Waals surface area contributed by atoms with Crippen molar-refractivity contribution >= 4 is 39.5 Å². The Hall–Kier alpha value is -2.65. The SMILES string of the molecule is NC(=O)c1c(NC(=O)c2csc(-c3ncccn3)n2)sc2c1CCCCC2. The largest absolute Gasteiger partial charge is 0.365 e. The average Bonchev–Trinajstić information content (AvgIpc) is 3.22. The van der Waals surface area contributed by atoms with Crippen LogP contribution in [0.1, 0.15) is 50.5 Å². The second-order valence-corrected chi connectivity index (χ2v) is 8.16. The van der Waals surface area contributed by atoms with Gasteiger partial charge in [-0.2, -0.15) is 0 Å². The lowest BCUT2D eigenvalue weighted by molar-refractivity contribution is 0.100. The molecule has 4 rings (SSSR count). The minimum absolute atomic E-state index is 0.265. The highest BCUT2D eigenvalue weighted by Crippen LogP contribution is 2.37. The van der Waals surface area contributed by atoms with Gasteiger partial charge in [0.2, 0.25) is 0 Å². The van der Waals surface area contributed by atoms with Crippen molar-refractivity contribution in [1.29, 1.82) is 0 Å². The lowest BCUT2D eigenvalue weighted by Crippen LogP contribution is -2.18. The van der Waals surface area contributed by atoms with E-state index in [1.54, 1.807) is 23.8 Å². The molecule has 0 bridgehead atoms. The molecule has 0 spiro atoms. The first-order valence-electron chi connectivity index (χ1n) is 8.62. The van der Waals surface area contributed by atoms with Crippen LogP contribution in [-0.2, 0) is 12.8 Å². The van der Waals surface area contributed by atoms with Gasteiger partial charge in [0.1, 0.15) is 10.7 Å². The maximum Gasteiger partial charge on any atom is 0.275 e. The molecule has 0 atom stereocenters. The molecule has 0 aromatic carbocycles. The molecule has 138 valence electrons. The van der Waals surface area contributed by atoms with Crippen LogP contribution in [0.3, 0.4) is 0 Å². The number of nitrogens with one attached hydrogen (secondary N) is 1. The number of thiophene rings is 1. The van der Waals surface area contributed by atoms with Gasteiger partial charge >= 0.3 is 0 Å². The van der Waals surface area contributed by atoms with Crippen LogP contribution < -0.4 is 11.1 Å². The van der Waals surface area contributed by atoms with Crippen LogP contribution in [-0.4, -0.2) is 26.8 Å². The summed E-state index contributed by atoms with van der Waals surface area (Å²) in [6.07, 6.45) is 8.26. The standard InChI is InChI=1S/C18H17N5O2S2/c19-14(24)13-10-5-2-1-3-6-12(10)27-17(13)23-16(25)11-9-26-18(22-11)15-20-7-4-8-21-15/h4,7-9H,1-3,5-6H2,(H2,19,24)(H,23,25). The third-order valence-electron chi connectivity index (χ3n) is 4.39. The van der Waals surface area contributed by atoms with Crippen LogP contribution in [0.15, 0.2) is 23.8 Å². The fourth-order valence-corrected chi connectivity index (χ4v) is 5.18. The molecule has 0 saturated carbocycles. The van der Waals surface area contributed by atoms with E-state index in [9.17, 15) is 9.59 Å². The highest BCUT2D eigenvalue weighted by molar-refractivity contribution is 7.17. The third kappa shape index (κ3) is 3.60. The molecule has 2 amide bonds. The highest BCUT2D eigenvalue weighted by Gasteiger charge is 2.25. The summed E-state index contributed by atoms with van der Waals surface area (Å²) in [7, 11) is 0. The van der Waals surface area contributed by atoms with Gasteiger partial charge in [-0.05, 0) is 37.3 Å². The number of thiazole rings is 1. The lowest BCUT2D eigenvalue weighted by Gasteiger charge is -2.05. The summed E-state index contributed by atoms with van der Waals surface area (Å²) in [5.41, 5.74) is 7.33. The van der Waals surface area contributed by atoms with Gasteiger partial charge in [0.05, 0.1) is 5.56 Å². The third-order valence-corrected chi connectivity index (χ3v) is 6.43. The number of carbonyl (C=O) groups is 2. The van der Waals surface area contributed by atoms with Crippen LogP contribution in [0.4, 0.5) is 5.00 Å². The van der Waals surface area contributed by atoms with Gasteiger partial charge in [-0.25, -0.2) is 15.0 Å². The molecule has 0 fully saturated rings. The zero-order chi connectivity index (χ0) is 18.8. The molecular formula is C18H17N5O2S2. The minimum atomic E-state index is -0.499. The van der Waals surface area contributed by atoms with Crippen molar-refractivity contribution in [2.24, 2.45) is 5.73 Å². The van der Waals surface area contributed by atoms with Gasteiger partial charge in [0.25, 0.3) is 11.8 Å². The summed E-state index contributed by atoms with van der Waals surface area (Å²) >= 11 is 2.74. The van der Waals surface area contributed by atoms with Gasteiger partial charge in [-0.1, -0.05) is 6.42 Å². The predicted octanol–water partition coefficient (Wildman–Crippen LogP) is 3.28. The zero-order valence-electron chi connectivity index (χ0n) is 14.4. The van der Waals surface area contributed by atoms with Crippen molar-refractivity contribution in [2.75, 3.05) is 5.32 Å². The normalized spacial score (nSPS) is 13.6. The second kappa shape index (κ2) is 7.53. The summed E-state index contributed by atoms with van der Waals surface area (Å²) in [4.78, 5) is 38.4. The Morgan fingerprint density at radius 3 is 2.67 bits per heavy atom. The molecule has 3 N–H and O–H groups in total. The maximum absolute atomic E-state index is 12.7. The van der Waals surface area contributed by atoms with Gasteiger partial charge in [-0.15, -0.1) is 22.7 Å². The lowest BCUT2D eigenvalue weighted by atomic mass is 10.1. The first-order valence-corrected chi connectivity index (χ1v) is 10.3. The number of aryl methyl sites for hydroxylation is 1. The maximum atomic E-state index is 12.7. The molecule has 3 heterocycles. The molecule has 7 nitrogen and oxygen atoms in total. The summed E-state index contributed by atoms with van der Waals surface area (Å²) < 4.78 is 0. The van der Waals surface area contributed by atoms with Gasteiger partial charge in [0, 0.05) is 22.7 Å². The van der Waals surface area contributed by atoms with E-state index in [1.165, 1.54) is 22.7 Å². The van der Waals surface area contributed by atoms with E-state index >= 15 is 0 Å². The number of hydrogen-bond acceptors (Lipinski definition) is 7. The molecule has 0 unspecified atom stereocenters. The van der Waals surface area contributed by atoms with Gasteiger partial charge in [0.15, 0.2) is 10.8 Å². The average molecular weight is 400 g/mol. The number of rotatable bonds is 4. The Balaban J connectivity index is 1.60. The van der Waals surface area contributed by atoms with Crippen LogP contribution >= 0.6 is 22.7 Å². The Labute approximate surface area is 163 Å². The van der Waals surface area contributed by atoms with E-state index in [0.29, 0.717) is 21.4 Å². The smallest absolute Gasteiger partial charge is 0.275 e. The van der Waals surface area contributed by atoms with Crippen molar-refractivity contribution in [3.05, 3.63) is 45.5 Å². The summed E-state index contributed by atoms with van der Waals surface area (Å²) in [6, 6.07) is 1.72. The van der Waals surface area contributed by atoms with Crippen LogP contribution in [0.25, 0.3) is 10.8 Å². The Kier molecular flexibility index (Phi) is 4.95. The number of primary amides is 1. The monoisotopic (exact) mass is 399 g/mol. The topological polar surface area (TPSA) is 111 Å². The predicted molar refractivity (Wildman–Crippen MR) is 105 cm³/mol. The summed E-state index contributed by atoms with van der Waals surface area (Å²) in [5, 5.41) is 5.57. The molecule has 3 aromatic heterocycles. The number of fused-ring (bicyclic) bond motifs is 1.